The molecule has 28 heavy (non-hydrogen) atoms. The van der Waals surface area contributed by atoms with Gasteiger partial charge in [0.25, 0.3) is 0 Å². The van der Waals surface area contributed by atoms with Crippen molar-refractivity contribution in [3.8, 4) is 11.8 Å². The van der Waals surface area contributed by atoms with Crippen LogP contribution in [0.4, 0.5) is 5.69 Å². The number of esters is 1. The van der Waals surface area contributed by atoms with Gasteiger partial charge in [-0.1, -0.05) is 6.08 Å². The quantitative estimate of drug-likeness (QED) is 0.529. The van der Waals surface area contributed by atoms with Gasteiger partial charge in [-0.25, -0.2) is 4.79 Å². The SMILES string of the molecule is CCOC(=O)c1ccc(N2C=C(C#N)C3C=C(OC)C=CC32)cc1OCOC. The van der Waals surface area contributed by atoms with Crippen LogP contribution in [0.25, 0.3) is 0 Å². The Hall–Kier alpha value is -3.24. The van der Waals surface area contributed by atoms with Gasteiger partial charge in [-0.3, -0.25) is 0 Å². The van der Waals surface area contributed by atoms with Gasteiger partial charge in [0.05, 0.1) is 31.4 Å². The number of hydrogen-bond acceptors (Lipinski definition) is 7. The van der Waals surface area contributed by atoms with Crippen molar-refractivity contribution in [2.24, 2.45) is 5.92 Å². The van der Waals surface area contributed by atoms with Gasteiger partial charge in [0.15, 0.2) is 6.79 Å². The minimum atomic E-state index is -0.460. The molecule has 1 aromatic rings. The summed E-state index contributed by atoms with van der Waals surface area (Å²) in [6.07, 6.45) is 7.64. The smallest absolute Gasteiger partial charge is 0.341 e. The molecule has 0 spiro atoms. The highest BCUT2D eigenvalue weighted by Crippen LogP contribution is 2.39. The molecule has 7 nitrogen and oxygen atoms in total. The molecule has 1 heterocycles. The van der Waals surface area contributed by atoms with Crippen molar-refractivity contribution in [1.29, 1.82) is 5.26 Å². The first kappa shape index (κ1) is 19.5. The van der Waals surface area contributed by atoms with Gasteiger partial charge in [0, 0.05) is 31.0 Å². The van der Waals surface area contributed by atoms with Crippen molar-refractivity contribution in [2.75, 3.05) is 32.5 Å². The van der Waals surface area contributed by atoms with Gasteiger partial charge in [-0.2, -0.15) is 5.26 Å². The minimum Gasteiger partial charge on any atom is -0.497 e. The summed E-state index contributed by atoms with van der Waals surface area (Å²) in [6.45, 7) is 2.02. The lowest BCUT2D eigenvalue weighted by Crippen LogP contribution is -2.31. The molecule has 0 radical (unpaired) electrons. The first-order chi connectivity index (χ1) is 13.6. The Kier molecular flexibility index (Phi) is 6.02. The second kappa shape index (κ2) is 8.63. The highest BCUT2D eigenvalue weighted by atomic mass is 16.7. The Morgan fingerprint density at radius 2 is 2.14 bits per heavy atom. The van der Waals surface area contributed by atoms with Gasteiger partial charge in [0.1, 0.15) is 17.1 Å². The molecule has 7 heteroatoms. The molecule has 0 fully saturated rings. The van der Waals surface area contributed by atoms with E-state index in [1.165, 1.54) is 7.11 Å². The predicted octanol–water partition coefficient (Wildman–Crippen LogP) is 3.16. The van der Waals surface area contributed by atoms with Crippen LogP contribution in [0.15, 0.2) is 54.0 Å². The lowest BCUT2D eigenvalue weighted by atomic mass is 9.91. The normalized spacial score (nSPS) is 20.0. The maximum absolute atomic E-state index is 12.2. The van der Waals surface area contributed by atoms with Crippen LogP contribution in [0, 0.1) is 17.2 Å². The Bertz CT molecular complexity index is 881. The largest absolute Gasteiger partial charge is 0.497 e. The second-order valence-electron chi connectivity index (χ2n) is 6.20. The van der Waals surface area contributed by atoms with Gasteiger partial charge >= 0.3 is 5.97 Å². The van der Waals surface area contributed by atoms with E-state index in [0.29, 0.717) is 16.9 Å². The number of hydrogen-bond donors (Lipinski definition) is 0. The number of ether oxygens (including phenoxy) is 4. The third-order valence-corrected chi connectivity index (χ3v) is 4.58. The summed E-state index contributed by atoms with van der Waals surface area (Å²) >= 11 is 0. The fraction of sp³-hybridized carbons (Fsp3) is 0.333. The zero-order chi connectivity index (χ0) is 20.1. The Balaban J connectivity index is 1.96. The van der Waals surface area contributed by atoms with Crippen LogP contribution in [0.1, 0.15) is 17.3 Å². The molecule has 1 aliphatic heterocycles. The molecule has 0 bridgehead atoms. The van der Waals surface area contributed by atoms with Crippen LogP contribution in [0.5, 0.6) is 5.75 Å². The van der Waals surface area contributed by atoms with E-state index in [9.17, 15) is 10.1 Å². The average molecular weight is 382 g/mol. The molecule has 146 valence electrons. The summed E-state index contributed by atoms with van der Waals surface area (Å²) < 4.78 is 21.0. The Morgan fingerprint density at radius 1 is 1.32 bits per heavy atom. The van der Waals surface area contributed by atoms with E-state index >= 15 is 0 Å². The zero-order valence-corrected chi connectivity index (χ0v) is 16.0. The molecular weight excluding hydrogens is 360 g/mol. The third kappa shape index (κ3) is 3.73. The number of allylic oxidation sites excluding steroid dienone is 1. The van der Waals surface area contributed by atoms with E-state index in [0.717, 1.165) is 11.4 Å². The number of nitriles is 1. The fourth-order valence-corrected chi connectivity index (χ4v) is 3.28. The summed E-state index contributed by atoms with van der Waals surface area (Å²) in [4.78, 5) is 14.2. The van der Waals surface area contributed by atoms with Gasteiger partial charge in [0.2, 0.25) is 0 Å². The van der Waals surface area contributed by atoms with E-state index in [2.05, 4.69) is 6.07 Å². The maximum atomic E-state index is 12.2. The summed E-state index contributed by atoms with van der Waals surface area (Å²) in [5.74, 6) is 0.531. The van der Waals surface area contributed by atoms with E-state index in [-0.39, 0.29) is 25.4 Å². The topological polar surface area (TPSA) is 81.0 Å². The standard InChI is InChI=1S/C21H22N2O5/c1-4-27-21(24)17-7-5-15(9-20(17)28-13-25-2)23-12-14(11-22)18-10-16(26-3)6-8-19(18)23/h5-10,12,18-19H,4,13H2,1-3H3. The van der Waals surface area contributed by atoms with Crippen LogP contribution in [-0.4, -0.2) is 39.6 Å². The molecule has 0 N–H and O–H groups in total. The first-order valence-electron chi connectivity index (χ1n) is 8.90. The minimum absolute atomic E-state index is 0.00103. The van der Waals surface area contributed by atoms with E-state index in [4.69, 9.17) is 18.9 Å². The van der Waals surface area contributed by atoms with Gasteiger partial charge < -0.3 is 23.8 Å². The molecule has 2 atom stereocenters. The zero-order valence-electron chi connectivity index (χ0n) is 16.0. The molecule has 0 saturated carbocycles. The number of nitrogens with zero attached hydrogens (tertiary/aromatic N) is 2. The molecule has 3 rings (SSSR count). The van der Waals surface area contributed by atoms with Crippen molar-refractivity contribution >= 4 is 11.7 Å². The number of carbonyl (C=O) groups excluding carboxylic acids is 1. The average Bonchev–Trinajstić information content (AvgIpc) is 3.10. The van der Waals surface area contributed by atoms with Gasteiger partial charge in [-0.05, 0) is 31.2 Å². The molecule has 0 saturated heterocycles. The van der Waals surface area contributed by atoms with Crippen molar-refractivity contribution in [1.82, 2.24) is 0 Å². The van der Waals surface area contributed by atoms with Crippen LogP contribution < -0.4 is 9.64 Å². The van der Waals surface area contributed by atoms with E-state index in [1.54, 1.807) is 26.2 Å². The van der Waals surface area contributed by atoms with Crippen LogP contribution in [0.3, 0.4) is 0 Å². The number of carbonyl (C=O) groups is 1. The summed E-state index contributed by atoms with van der Waals surface area (Å²) in [6, 6.07) is 7.43. The van der Waals surface area contributed by atoms with Crippen molar-refractivity contribution in [3.05, 3.63) is 59.5 Å². The molecule has 0 aromatic heterocycles. The third-order valence-electron chi connectivity index (χ3n) is 4.58. The summed E-state index contributed by atoms with van der Waals surface area (Å²) in [5.41, 5.74) is 1.75. The number of fused-ring (bicyclic) bond motifs is 1. The predicted molar refractivity (Wildman–Crippen MR) is 103 cm³/mol. The molecule has 2 aliphatic rings. The lowest BCUT2D eigenvalue weighted by Gasteiger charge is -2.29. The van der Waals surface area contributed by atoms with E-state index < -0.39 is 5.97 Å². The van der Waals surface area contributed by atoms with Crippen molar-refractivity contribution < 1.29 is 23.7 Å². The maximum Gasteiger partial charge on any atom is 0.341 e. The number of anilines is 1. The Morgan fingerprint density at radius 3 is 2.82 bits per heavy atom. The van der Waals surface area contributed by atoms with Crippen LogP contribution in [-0.2, 0) is 14.2 Å². The molecule has 1 aromatic carbocycles. The number of benzene rings is 1. The molecule has 1 aliphatic carbocycles. The second-order valence-corrected chi connectivity index (χ2v) is 6.20. The van der Waals surface area contributed by atoms with Crippen LogP contribution in [0.2, 0.25) is 0 Å². The highest BCUT2D eigenvalue weighted by molar-refractivity contribution is 5.93. The Labute approximate surface area is 164 Å². The highest BCUT2D eigenvalue weighted by Gasteiger charge is 2.36. The van der Waals surface area contributed by atoms with Crippen LogP contribution >= 0.6 is 0 Å². The van der Waals surface area contributed by atoms with Crippen molar-refractivity contribution in [3.63, 3.8) is 0 Å². The summed E-state index contributed by atoms with van der Waals surface area (Å²) in [7, 11) is 3.11. The first-order valence-corrected chi connectivity index (χ1v) is 8.90. The monoisotopic (exact) mass is 382 g/mol. The molecule has 2 unspecified atom stereocenters. The van der Waals surface area contributed by atoms with Gasteiger partial charge in [-0.15, -0.1) is 0 Å². The lowest BCUT2D eigenvalue weighted by molar-refractivity contribution is 0.0438. The number of methoxy groups -OCH3 is 2. The summed E-state index contributed by atoms with van der Waals surface area (Å²) in [5, 5.41) is 9.53. The fourth-order valence-electron chi connectivity index (χ4n) is 3.28. The molecular formula is C21H22N2O5. The number of rotatable bonds is 7. The van der Waals surface area contributed by atoms with Crippen molar-refractivity contribution in [2.45, 2.75) is 13.0 Å². The van der Waals surface area contributed by atoms with E-state index in [1.807, 2.05) is 35.4 Å². The molecule has 0 amide bonds.